The number of rotatable bonds is 6. The molecule has 0 saturated heterocycles. The van der Waals surface area contributed by atoms with Crippen molar-refractivity contribution in [1.29, 1.82) is 0 Å². The first kappa shape index (κ1) is 23.1. The zero-order valence-corrected chi connectivity index (χ0v) is 19.7. The van der Waals surface area contributed by atoms with Crippen LogP contribution in [-0.4, -0.2) is 26.3 Å². The number of H-pyrrole nitrogens is 1. The number of aromatic nitrogens is 3. The van der Waals surface area contributed by atoms with E-state index >= 15 is 0 Å². The second kappa shape index (κ2) is 9.06. The molecule has 0 aromatic carbocycles. The molecule has 174 valence electrons. The standard InChI is InChI=1S/C24H23N5O4S/c1-12(2)10-29-11-15(20(31)19-16(29)4-5-17(30)27-19)23(33)28-24-18(22(25)32)13(3)21(34-24)14-6-8-26-9-7-14/h4-9,11-12H,10H2,1-3H3,(H2,25,32)(H,27,30)(H,28,33). The van der Waals surface area contributed by atoms with Crippen molar-refractivity contribution in [1.82, 2.24) is 14.5 Å². The van der Waals surface area contributed by atoms with E-state index in [1.54, 1.807) is 42.1 Å². The van der Waals surface area contributed by atoms with E-state index in [-0.39, 0.29) is 27.6 Å². The Hall–Kier alpha value is -4.05. The quantitative estimate of drug-likeness (QED) is 0.391. The number of thiophene rings is 1. The van der Waals surface area contributed by atoms with Gasteiger partial charge in [-0.1, -0.05) is 13.8 Å². The molecule has 0 aliphatic carbocycles. The minimum atomic E-state index is -0.695. The highest BCUT2D eigenvalue weighted by Crippen LogP contribution is 2.39. The van der Waals surface area contributed by atoms with Crippen LogP contribution in [0.2, 0.25) is 0 Å². The van der Waals surface area contributed by atoms with Crippen LogP contribution in [0.3, 0.4) is 0 Å². The number of carbonyl (C=O) groups excluding carboxylic acids is 2. The Kier molecular flexibility index (Phi) is 6.16. The summed E-state index contributed by atoms with van der Waals surface area (Å²) in [6, 6.07) is 6.49. The summed E-state index contributed by atoms with van der Waals surface area (Å²) in [6.45, 7) is 6.28. The lowest BCUT2D eigenvalue weighted by Gasteiger charge is -2.15. The van der Waals surface area contributed by atoms with E-state index in [1.807, 2.05) is 13.8 Å². The molecule has 0 aliphatic rings. The largest absolute Gasteiger partial charge is 0.365 e. The Morgan fingerprint density at radius 1 is 1.18 bits per heavy atom. The van der Waals surface area contributed by atoms with E-state index in [0.717, 1.165) is 10.4 Å². The molecule has 2 amide bonds. The molecular formula is C24H23N5O4S. The highest BCUT2D eigenvalue weighted by Gasteiger charge is 2.24. The van der Waals surface area contributed by atoms with Crippen molar-refractivity contribution in [3.63, 3.8) is 0 Å². The van der Waals surface area contributed by atoms with E-state index < -0.39 is 22.8 Å². The maximum absolute atomic E-state index is 13.3. The van der Waals surface area contributed by atoms with Crippen LogP contribution in [0.15, 0.2) is 52.4 Å². The monoisotopic (exact) mass is 477 g/mol. The Bertz CT molecular complexity index is 1530. The molecule has 9 nitrogen and oxygen atoms in total. The first-order valence-electron chi connectivity index (χ1n) is 10.6. The topological polar surface area (TPSA) is 140 Å². The van der Waals surface area contributed by atoms with Crippen LogP contribution in [0.5, 0.6) is 0 Å². The first-order valence-corrected chi connectivity index (χ1v) is 11.4. The number of anilines is 1. The summed E-state index contributed by atoms with van der Waals surface area (Å²) < 4.78 is 1.77. The third kappa shape index (κ3) is 4.27. The number of primary amides is 1. The molecule has 0 spiro atoms. The lowest BCUT2D eigenvalue weighted by atomic mass is 10.1. The van der Waals surface area contributed by atoms with Gasteiger partial charge >= 0.3 is 0 Å². The SMILES string of the molecule is Cc1c(-c2ccncc2)sc(NC(=O)c2cn(CC(C)C)c3ccc(=O)[nH]c3c2=O)c1C(N)=O. The van der Waals surface area contributed by atoms with Gasteiger partial charge in [0.2, 0.25) is 11.0 Å². The minimum absolute atomic E-state index is 0.0516. The van der Waals surface area contributed by atoms with Gasteiger partial charge in [0.15, 0.2) is 0 Å². The van der Waals surface area contributed by atoms with Crippen LogP contribution in [0.25, 0.3) is 21.5 Å². The summed E-state index contributed by atoms with van der Waals surface area (Å²) >= 11 is 1.19. The van der Waals surface area contributed by atoms with Crippen LogP contribution in [0.1, 0.15) is 40.1 Å². The highest BCUT2D eigenvalue weighted by atomic mass is 32.1. The molecule has 34 heavy (non-hydrogen) atoms. The van der Waals surface area contributed by atoms with E-state index in [1.165, 1.54) is 23.6 Å². The fourth-order valence-corrected chi connectivity index (χ4v) is 5.06. The maximum atomic E-state index is 13.3. The van der Waals surface area contributed by atoms with Gasteiger partial charge in [-0.3, -0.25) is 24.2 Å². The predicted octanol–water partition coefficient (Wildman–Crippen LogP) is 3.13. The number of fused-ring (bicyclic) bond motifs is 1. The molecule has 4 N–H and O–H groups in total. The van der Waals surface area contributed by atoms with E-state index in [9.17, 15) is 19.2 Å². The lowest BCUT2D eigenvalue weighted by Crippen LogP contribution is -2.27. The van der Waals surface area contributed by atoms with Crippen molar-refractivity contribution >= 4 is 39.2 Å². The number of aromatic amines is 1. The first-order chi connectivity index (χ1) is 16.2. The summed E-state index contributed by atoms with van der Waals surface area (Å²) in [4.78, 5) is 57.8. The Morgan fingerprint density at radius 3 is 2.53 bits per heavy atom. The molecule has 4 aromatic rings. The van der Waals surface area contributed by atoms with Crippen LogP contribution in [-0.2, 0) is 6.54 Å². The number of carbonyl (C=O) groups is 2. The smallest absolute Gasteiger partial charge is 0.261 e. The number of amides is 2. The zero-order chi connectivity index (χ0) is 24.6. The Balaban J connectivity index is 1.83. The number of nitrogens with two attached hydrogens (primary N) is 1. The van der Waals surface area contributed by atoms with Gasteiger partial charge in [-0.15, -0.1) is 11.3 Å². The summed E-state index contributed by atoms with van der Waals surface area (Å²) in [5.41, 5.74) is 6.63. The van der Waals surface area contributed by atoms with Crippen LogP contribution in [0, 0.1) is 12.8 Å². The molecule has 0 saturated carbocycles. The van der Waals surface area contributed by atoms with Gasteiger partial charge in [0.25, 0.3) is 11.8 Å². The molecule has 0 aliphatic heterocycles. The third-order valence-electron chi connectivity index (χ3n) is 5.33. The van der Waals surface area contributed by atoms with Crippen molar-refractivity contribution in [2.75, 3.05) is 5.32 Å². The third-order valence-corrected chi connectivity index (χ3v) is 6.59. The lowest BCUT2D eigenvalue weighted by molar-refractivity contribution is 0.100. The molecule has 4 rings (SSSR count). The molecule has 4 aromatic heterocycles. The van der Waals surface area contributed by atoms with Gasteiger partial charge in [0.1, 0.15) is 16.1 Å². The minimum Gasteiger partial charge on any atom is -0.365 e. The molecule has 0 fully saturated rings. The van der Waals surface area contributed by atoms with Crippen molar-refractivity contribution in [3.8, 4) is 10.4 Å². The molecule has 0 radical (unpaired) electrons. The summed E-state index contributed by atoms with van der Waals surface area (Å²) in [5.74, 6) is -1.17. The maximum Gasteiger partial charge on any atom is 0.261 e. The Morgan fingerprint density at radius 2 is 1.88 bits per heavy atom. The summed E-state index contributed by atoms with van der Waals surface area (Å²) in [6.07, 6.45) is 4.74. The van der Waals surface area contributed by atoms with Crippen molar-refractivity contribution in [2.24, 2.45) is 11.7 Å². The average molecular weight is 478 g/mol. The van der Waals surface area contributed by atoms with Crippen molar-refractivity contribution in [2.45, 2.75) is 27.3 Å². The second-order valence-electron chi connectivity index (χ2n) is 8.32. The molecule has 10 heteroatoms. The van der Waals surface area contributed by atoms with E-state index in [4.69, 9.17) is 5.73 Å². The van der Waals surface area contributed by atoms with Gasteiger partial charge in [-0.25, -0.2) is 0 Å². The van der Waals surface area contributed by atoms with E-state index in [0.29, 0.717) is 17.6 Å². The van der Waals surface area contributed by atoms with Crippen LogP contribution in [0.4, 0.5) is 5.00 Å². The van der Waals surface area contributed by atoms with Gasteiger partial charge in [-0.2, -0.15) is 0 Å². The fraction of sp³-hybridized carbons (Fsp3) is 0.208. The molecule has 0 unspecified atom stereocenters. The summed E-state index contributed by atoms with van der Waals surface area (Å²) in [5, 5.41) is 2.95. The van der Waals surface area contributed by atoms with Crippen molar-refractivity contribution in [3.05, 3.63) is 80.1 Å². The zero-order valence-electron chi connectivity index (χ0n) is 18.8. The van der Waals surface area contributed by atoms with Gasteiger partial charge < -0.3 is 20.6 Å². The molecule has 4 heterocycles. The predicted molar refractivity (Wildman–Crippen MR) is 132 cm³/mol. The molecule has 0 bridgehead atoms. The van der Waals surface area contributed by atoms with E-state index in [2.05, 4.69) is 15.3 Å². The highest BCUT2D eigenvalue weighted by molar-refractivity contribution is 7.20. The second-order valence-corrected chi connectivity index (χ2v) is 9.34. The number of nitrogens with zero attached hydrogens (tertiary/aromatic N) is 2. The van der Waals surface area contributed by atoms with Gasteiger partial charge in [-0.05, 0) is 42.2 Å². The van der Waals surface area contributed by atoms with Crippen LogP contribution >= 0.6 is 11.3 Å². The number of hydrogen-bond donors (Lipinski definition) is 3. The fourth-order valence-electron chi connectivity index (χ4n) is 3.85. The van der Waals surface area contributed by atoms with Crippen molar-refractivity contribution < 1.29 is 9.59 Å². The number of pyridine rings is 3. The average Bonchev–Trinajstić information content (AvgIpc) is 3.11. The van der Waals surface area contributed by atoms with Crippen LogP contribution < -0.4 is 22.0 Å². The number of nitrogens with one attached hydrogen (secondary N) is 2. The molecule has 0 atom stereocenters. The number of hydrogen-bond acceptors (Lipinski definition) is 6. The van der Waals surface area contributed by atoms with Gasteiger partial charge in [0.05, 0.1) is 11.1 Å². The Labute approximate surface area is 198 Å². The van der Waals surface area contributed by atoms with Gasteiger partial charge in [0, 0.05) is 36.1 Å². The normalized spacial score (nSPS) is 11.2. The summed E-state index contributed by atoms with van der Waals surface area (Å²) in [7, 11) is 0. The molecular weight excluding hydrogens is 454 g/mol.